The first-order valence-electron chi connectivity index (χ1n) is 7.34. The molecule has 0 spiro atoms. The molecule has 0 aromatic heterocycles. The molecule has 1 aromatic rings. The predicted molar refractivity (Wildman–Crippen MR) is 86.8 cm³/mol. The molecule has 1 aliphatic rings. The SMILES string of the molecule is COCC1CCN(C(CN)c2ccc(C)c(Br)c2)CC1. The normalized spacial score (nSPS) is 19.2. The van der Waals surface area contributed by atoms with Gasteiger partial charge in [0.05, 0.1) is 0 Å². The van der Waals surface area contributed by atoms with E-state index in [0.717, 1.165) is 19.7 Å². The van der Waals surface area contributed by atoms with E-state index in [0.29, 0.717) is 18.5 Å². The number of hydrogen-bond acceptors (Lipinski definition) is 3. The summed E-state index contributed by atoms with van der Waals surface area (Å²) in [6.45, 7) is 5.89. The van der Waals surface area contributed by atoms with Crippen molar-refractivity contribution in [1.82, 2.24) is 4.90 Å². The van der Waals surface area contributed by atoms with Gasteiger partial charge in [0.2, 0.25) is 0 Å². The van der Waals surface area contributed by atoms with Crippen LogP contribution in [0.25, 0.3) is 0 Å². The van der Waals surface area contributed by atoms with Crippen molar-refractivity contribution in [2.75, 3.05) is 33.4 Å². The highest BCUT2D eigenvalue weighted by Crippen LogP contribution is 2.29. The third kappa shape index (κ3) is 3.82. The smallest absolute Gasteiger partial charge is 0.0491 e. The minimum atomic E-state index is 0.329. The van der Waals surface area contributed by atoms with E-state index in [1.807, 2.05) is 0 Å². The monoisotopic (exact) mass is 340 g/mol. The lowest BCUT2D eigenvalue weighted by molar-refractivity contribution is 0.0810. The number of ether oxygens (including phenoxy) is 1. The molecule has 20 heavy (non-hydrogen) atoms. The molecule has 0 bridgehead atoms. The number of nitrogens with zero attached hydrogens (tertiary/aromatic N) is 1. The highest BCUT2D eigenvalue weighted by molar-refractivity contribution is 9.10. The second kappa shape index (κ2) is 7.55. The summed E-state index contributed by atoms with van der Waals surface area (Å²) >= 11 is 3.62. The predicted octanol–water partition coefficient (Wildman–Crippen LogP) is 3.12. The van der Waals surface area contributed by atoms with E-state index in [9.17, 15) is 0 Å². The summed E-state index contributed by atoms with van der Waals surface area (Å²) in [6.07, 6.45) is 2.41. The van der Waals surface area contributed by atoms with Crippen molar-refractivity contribution in [3.8, 4) is 0 Å². The van der Waals surface area contributed by atoms with E-state index in [2.05, 4.69) is 46.0 Å². The molecule has 2 N–H and O–H groups in total. The summed E-state index contributed by atoms with van der Waals surface area (Å²) in [5.74, 6) is 0.708. The van der Waals surface area contributed by atoms with Gasteiger partial charge >= 0.3 is 0 Å². The van der Waals surface area contributed by atoms with Gasteiger partial charge < -0.3 is 10.5 Å². The first kappa shape index (κ1) is 16.0. The number of rotatable bonds is 5. The first-order chi connectivity index (χ1) is 9.65. The summed E-state index contributed by atoms with van der Waals surface area (Å²) in [6, 6.07) is 6.92. The summed E-state index contributed by atoms with van der Waals surface area (Å²) in [5.41, 5.74) is 8.62. The number of piperidine rings is 1. The molecule has 1 atom stereocenters. The Morgan fingerprint density at radius 3 is 2.65 bits per heavy atom. The van der Waals surface area contributed by atoms with Crippen molar-refractivity contribution in [2.24, 2.45) is 11.7 Å². The third-order valence-electron chi connectivity index (χ3n) is 4.30. The fourth-order valence-electron chi connectivity index (χ4n) is 2.98. The van der Waals surface area contributed by atoms with Crippen LogP contribution < -0.4 is 5.73 Å². The Hall–Kier alpha value is -0.420. The van der Waals surface area contributed by atoms with E-state index in [-0.39, 0.29) is 0 Å². The Labute approximate surface area is 130 Å². The van der Waals surface area contributed by atoms with Crippen molar-refractivity contribution in [2.45, 2.75) is 25.8 Å². The molecule has 0 amide bonds. The van der Waals surface area contributed by atoms with E-state index in [4.69, 9.17) is 10.5 Å². The number of halogens is 1. The Kier molecular flexibility index (Phi) is 6.02. The standard InChI is InChI=1S/C16H25BrN2O/c1-12-3-4-14(9-15(12)17)16(10-18)19-7-5-13(6-8-19)11-20-2/h3-4,9,13,16H,5-8,10-11,18H2,1-2H3. The molecular weight excluding hydrogens is 316 g/mol. The van der Waals surface area contributed by atoms with Crippen LogP contribution in [0, 0.1) is 12.8 Å². The Morgan fingerprint density at radius 1 is 1.40 bits per heavy atom. The lowest BCUT2D eigenvalue weighted by Crippen LogP contribution is -2.40. The van der Waals surface area contributed by atoms with Gasteiger partial charge in [-0.3, -0.25) is 4.90 Å². The van der Waals surface area contributed by atoms with Gasteiger partial charge in [0.25, 0.3) is 0 Å². The lowest BCUT2D eigenvalue weighted by Gasteiger charge is -2.37. The molecule has 1 unspecified atom stereocenters. The molecule has 1 heterocycles. The van der Waals surface area contributed by atoms with Crippen molar-refractivity contribution < 1.29 is 4.74 Å². The number of likely N-dealkylation sites (tertiary alicyclic amines) is 1. The van der Waals surface area contributed by atoms with Crippen LogP contribution in [0.5, 0.6) is 0 Å². The van der Waals surface area contributed by atoms with Gasteiger partial charge in [0.1, 0.15) is 0 Å². The van der Waals surface area contributed by atoms with Gasteiger partial charge in [-0.05, 0) is 56.0 Å². The summed E-state index contributed by atoms with van der Waals surface area (Å²) in [7, 11) is 1.79. The van der Waals surface area contributed by atoms with Crippen LogP contribution in [0.2, 0.25) is 0 Å². The maximum Gasteiger partial charge on any atom is 0.0491 e. The summed E-state index contributed by atoms with van der Waals surface area (Å²) < 4.78 is 6.44. The fourth-order valence-corrected chi connectivity index (χ4v) is 3.38. The largest absolute Gasteiger partial charge is 0.384 e. The lowest BCUT2D eigenvalue weighted by atomic mass is 9.94. The highest BCUT2D eigenvalue weighted by atomic mass is 79.9. The van der Waals surface area contributed by atoms with E-state index in [1.54, 1.807) is 7.11 Å². The molecule has 3 nitrogen and oxygen atoms in total. The van der Waals surface area contributed by atoms with Crippen molar-refractivity contribution in [1.29, 1.82) is 0 Å². The van der Waals surface area contributed by atoms with Crippen LogP contribution in [-0.4, -0.2) is 38.3 Å². The van der Waals surface area contributed by atoms with Crippen molar-refractivity contribution in [3.05, 3.63) is 33.8 Å². The Morgan fingerprint density at radius 2 is 2.10 bits per heavy atom. The zero-order chi connectivity index (χ0) is 14.5. The van der Waals surface area contributed by atoms with Gasteiger partial charge in [-0.1, -0.05) is 28.1 Å². The fraction of sp³-hybridized carbons (Fsp3) is 0.625. The number of methoxy groups -OCH3 is 1. The Bertz CT molecular complexity index is 430. The molecular formula is C16H25BrN2O. The van der Waals surface area contributed by atoms with Crippen LogP contribution >= 0.6 is 15.9 Å². The van der Waals surface area contributed by atoms with Gasteiger partial charge in [0, 0.05) is 30.8 Å². The molecule has 1 saturated heterocycles. The van der Waals surface area contributed by atoms with Gasteiger partial charge in [-0.25, -0.2) is 0 Å². The average molecular weight is 341 g/mol. The molecule has 1 aliphatic heterocycles. The average Bonchev–Trinajstić information content (AvgIpc) is 2.46. The molecule has 1 fully saturated rings. The Balaban J connectivity index is 2.03. The van der Waals surface area contributed by atoms with Crippen LogP contribution in [-0.2, 0) is 4.74 Å². The topological polar surface area (TPSA) is 38.5 Å². The van der Waals surface area contributed by atoms with Crippen LogP contribution in [0.3, 0.4) is 0 Å². The van der Waals surface area contributed by atoms with Gasteiger partial charge in [0.15, 0.2) is 0 Å². The quantitative estimate of drug-likeness (QED) is 0.894. The molecule has 4 heteroatoms. The molecule has 1 aromatic carbocycles. The van der Waals surface area contributed by atoms with E-state index >= 15 is 0 Å². The van der Waals surface area contributed by atoms with Crippen LogP contribution in [0.15, 0.2) is 22.7 Å². The number of hydrogen-bond donors (Lipinski definition) is 1. The highest BCUT2D eigenvalue weighted by Gasteiger charge is 2.25. The first-order valence-corrected chi connectivity index (χ1v) is 8.14. The molecule has 0 aliphatic carbocycles. The van der Waals surface area contributed by atoms with E-state index in [1.165, 1.54) is 28.4 Å². The maximum absolute atomic E-state index is 6.04. The summed E-state index contributed by atoms with van der Waals surface area (Å²) in [5, 5.41) is 0. The molecule has 0 radical (unpaired) electrons. The zero-order valence-electron chi connectivity index (χ0n) is 12.4. The van der Waals surface area contributed by atoms with Crippen molar-refractivity contribution in [3.63, 3.8) is 0 Å². The second-order valence-corrected chi connectivity index (χ2v) is 6.55. The molecule has 2 rings (SSSR count). The molecule has 0 saturated carbocycles. The maximum atomic E-state index is 6.04. The van der Waals surface area contributed by atoms with Crippen LogP contribution in [0.1, 0.15) is 30.0 Å². The van der Waals surface area contributed by atoms with Crippen molar-refractivity contribution >= 4 is 15.9 Å². The number of aryl methyl sites for hydroxylation is 1. The third-order valence-corrected chi connectivity index (χ3v) is 5.15. The van der Waals surface area contributed by atoms with Gasteiger partial charge in [-0.2, -0.15) is 0 Å². The second-order valence-electron chi connectivity index (χ2n) is 5.69. The zero-order valence-corrected chi connectivity index (χ0v) is 14.0. The minimum Gasteiger partial charge on any atom is -0.384 e. The number of nitrogens with two attached hydrogens (primary N) is 1. The van der Waals surface area contributed by atoms with Crippen LogP contribution in [0.4, 0.5) is 0 Å². The van der Waals surface area contributed by atoms with Gasteiger partial charge in [-0.15, -0.1) is 0 Å². The summed E-state index contributed by atoms with van der Waals surface area (Å²) in [4.78, 5) is 2.52. The van der Waals surface area contributed by atoms with E-state index < -0.39 is 0 Å². The minimum absolute atomic E-state index is 0.329. The molecule has 112 valence electrons. The number of benzene rings is 1.